The molecule has 1 aliphatic carbocycles. The summed E-state index contributed by atoms with van der Waals surface area (Å²) in [7, 11) is 1.83. The van der Waals surface area contributed by atoms with Gasteiger partial charge in [0.25, 0.3) is 5.89 Å². The molecule has 2 aliphatic rings. The molecule has 2 aromatic heterocycles. The minimum Gasteiger partial charge on any atom is -0.376 e. The third-order valence-electron chi connectivity index (χ3n) is 6.49. The number of fused-ring (bicyclic) bond motifs is 1. The van der Waals surface area contributed by atoms with E-state index in [2.05, 4.69) is 27.0 Å². The SMILES string of the molecule is CN(CCc1noc(-c2nn(CC3CC3)c3c2COCC3)n1)C(=O)CCCc1ccccc1. The standard InChI is InChI=1S/C25H31N5O3/c1-29(23(31)9-5-8-18-6-3-2-4-7-18)14-12-22-26-25(33-28-22)24-20-17-32-15-13-21(20)30(27-24)16-19-10-11-19/h2-4,6-7,19H,5,8-17H2,1H3. The smallest absolute Gasteiger partial charge is 0.278 e. The first-order valence-corrected chi connectivity index (χ1v) is 11.9. The summed E-state index contributed by atoms with van der Waals surface area (Å²) in [5.74, 6) is 1.91. The Bertz CT molecular complexity index is 1090. The molecule has 1 aromatic carbocycles. The molecule has 8 heteroatoms. The zero-order valence-corrected chi connectivity index (χ0v) is 19.2. The summed E-state index contributed by atoms with van der Waals surface area (Å²) < 4.78 is 13.4. The van der Waals surface area contributed by atoms with Crippen LogP contribution in [0.4, 0.5) is 0 Å². The summed E-state index contributed by atoms with van der Waals surface area (Å²) in [4.78, 5) is 18.8. The van der Waals surface area contributed by atoms with Crippen LogP contribution in [0.15, 0.2) is 34.9 Å². The van der Waals surface area contributed by atoms with Gasteiger partial charge >= 0.3 is 0 Å². The number of hydrogen-bond acceptors (Lipinski definition) is 6. The molecule has 1 fully saturated rings. The van der Waals surface area contributed by atoms with Gasteiger partial charge in [-0.1, -0.05) is 35.5 Å². The van der Waals surface area contributed by atoms with Crippen molar-refractivity contribution in [3.05, 3.63) is 53.0 Å². The third-order valence-corrected chi connectivity index (χ3v) is 6.49. The normalized spacial score (nSPS) is 15.4. The minimum atomic E-state index is 0.139. The Hall–Kier alpha value is -3.00. The lowest BCUT2D eigenvalue weighted by molar-refractivity contribution is -0.129. The van der Waals surface area contributed by atoms with Gasteiger partial charge in [0.1, 0.15) is 0 Å². The first kappa shape index (κ1) is 21.8. The second-order valence-corrected chi connectivity index (χ2v) is 9.12. The minimum absolute atomic E-state index is 0.139. The highest BCUT2D eigenvalue weighted by Crippen LogP contribution is 2.34. The molecule has 0 saturated heterocycles. The number of hydrogen-bond donors (Lipinski definition) is 0. The van der Waals surface area contributed by atoms with Crippen molar-refractivity contribution in [3.8, 4) is 11.6 Å². The number of benzene rings is 1. The van der Waals surface area contributed by atoms with Crippen LogP contribution in [0.1, 0.15) is 48.3 Å². The van der Waals surface area contributed by atoms with Crippen molar-refractivity contribution < 1.29 is 14.1 Å². The zero-order chi connectivity index (χ0) is 22.6. The monoisotopic (exact) mass is 449 g/mol. The van der Waals surface area contributed by atoms with E-state index >= 15 is 0 Å². The van der Waals surface area contributed by atoms with E-state index in [4.69, 9.17) is 14.4 Å². The van der Waals surface area contributed by atoms with Crippen LogP contribution in [0, 0.1) is 5.92 Å². The van der Waals surface area contributed by atoms with E-state index in [1.54, 1.807) is 4.90 Å². The van der Waals surface area contributed by atoms with Gasteiger partial charge in [0.05, 0.1) is 13.2 Å². The fraction of sp³-hybridized carbons (Fsp3) is 0.520. The summed E-state index contributed by atoms with van der Waals surface area (Å²) in [6.07, 6.45) is 6.27. The molecule has 0 spiro atoms. The number of likely N-dealkylation sites (N-methyl/N-ethyl adjacent to an activating group) is 1. The topological polar surface area (TPSA) is 86.3 Å². The van der Waals surface area contributed by atoms with Crippen LogP contribution in [0.2, 0.25) is 0 Å². The predicted molar refractivity (Wildman–Crippen MR) is 122 cm³/mol. The number of amides is 1. The Morgan fingerprint density at radius 3 is 2.88 bits per heavy atom. The maximum atomic E-state index is 12.5. The van der Waals surface area contributed by atoms with E-state index in [1.807, 2.05) is 25.2 Å². The molecule has 1 amide bonds. The molecule has 3 heterocycles. The van der Waals surface area contributed by atoms with Crippen LogP contribution in [-0.4, -0.2) is 50.9 Å². The number of aryl methyl sites for hydroxylation is 1. The second kappa shape index (κ2) is 9.87. The van der Waals surface area contributed by atoms with Crippen LogP contribution in [-0.2, 0) is 41.9 Å². The van der Waals surface area contributed by atoms with E-state index in [-0.39, 0.29) is 5.91 Å². The number of rotatable bonds is 10. The van der Waals surface area contributed by atoms with E-state index < -0.39 is 0 Å². The van der Waals surface area contributed by atoms with Gasteiger partial charge in [-0.3, -0.25) is 9.48 Å². The Labute approximate surface area is 193 Å². The molecule has 0 atom stereocenters. The molecule has 174 valence electrons. The van der Waals surface area contributed by atoms with Crippen LogP contribution < -0.4 is 0 Å². The molecule has 1 aliphatic heterocycles. The van der Waals surface area contributed by atoms with E-state index in [0.717, 1.165) is 49.6 Å². The number of carbonyl (C=O) groups is 1. The molecule has 0 unspecified atom stereocenters. The highest BCUT2D eigenvalue weighted by Gasteiger charge is 2.29. The van der Waals surface area contributed by atoms with E-state index in [1.165, 1.54) is 24.1 Å². The Morgan fingerprint density at radius 2 is 2.06 bits per heavy atom. The summed E-state index contributed by atoms with van der Waals surface area (Å²) >= 11 is 0. The number of carbonyl (C=O) groups excluding carboxylic acids is 1. The predicted octanol–water partition coefficient (Wildman–Crippen LogP) is 3.44. The first-order valence-electron chi connectivity index (χ1n) is 11.9. The van der Waals surface area contributed by atoms with Gasteiger partial charge in [-0.15, -0.1) is 0 Å². The van der Waals surface area contributed by atoms with E-state index in [9.17, 15) is 4.79 Å². The summed E-state index contributed by atoms with van der Waals surface area (Å²) in [6.45, 7) is 2.78. The largest absolute Gasteiger partial charge is 0.376 e. The zero-order valence-electron chi connectivity index (χ0n) is 19.2. The van der Waals surface area contributed by atoms with Gasteiger partial charge in [0.15, 0.2) is 11.5 Å². The third kappa shape index (κ3) is 5.33. The van der Waals surface area contributed by atoms with Crippen molar-refractivity contribution in [2.75, 3.05) is 20.2 Å². The Morgan fingerprint density at radius 1 is 1.21 bits per heavy atom. The van der Waals surface area contributed by atoms with Gasteiger partial charge < -0.3 is 14.2 Å². The van der Waals surface area contributed by atoms with Crippen molar-refractivity contribution in [1.82, 2.24) is 24.8 Å². The molecule has 8 nitrogen and oxygen atoms in total. The molecule has 0 N–H and O–H groups in total. The average Bonchev–Trinajstić information content (AvgIpc) is 3.41. The molecule has 33 heavy (non-hydrogen) atoms. The summed E-state index contributed by atoms with van der Waals surface area (Å²) in [6, 6.07) is 10.3. The van der Waals surface area contributed by atoms with Crippen molar-refractivity contribution >= 4 is 5.91 Å². The Balaban J connectivity index is 1.16. The lowest BCUT2D eigenvalue weighted by Crippen LogP contribution is -2.28. The first-order chi connectivity index (χ1) is 16.2. The molecule has 0 radical (unpaired) electrons. The fourth-order valence-corrected chi connectivity index (χ4v) is 4.30. The van der Waals surface area contributed by atoms with Crippen LogP contribution in [0.5, 0.6) is 0 Å². The van der Waals surface area contributed by atoms with Gasteiger partial charge in [-0.05, 0) is 37.2 Å². The van der Waals surface area contributed by atoms with Crippen molar-refractivity contribution in [1.29, 1.82) is 0 Å². The molecule has 0 bridgehead atoms. The van der Waals surface area contributed by atoms with Crippen LogP contribution in [0.3, 0.4) is 0 Å². The maximum absolute atomic E-state index is 12.5. The maximum Gasteiger partial charge on any atom is 0.278 e. The molecule has 3 aromatic rings. The lowest BCUT2D eigenvalue weighted by Gasteiger charge is -2.16. The van der Waals surface area contributed by atoms with Crippen molar-refractivity contribution in [3.63, 3.8) is 0 Å². The van der Waals surface area contributed by atoms with Crippen molar-refractivity contribution in [2.24, 2.45) is 5.92 Å². The average molecular weight is 450 g/mol. The van der Waals surface area contributed by atoms with Gasteiger partial charge in [-0.2, -0.15) is 10.1 Å². The quantitative estimate of drug-likeness (QED) is 0.471. The highest BCUT2D eigenvalue weighted by atomic mass is 16.5. The van der Waals surface area contributed by atoms with Crippen molar-refractivity contribution in [2.45, 2.75) is 58.1 Å². The lowest BCUT2D eigenvalue weighted by atomic mass is 10.1. The molecule has 1 saturated carbocycles. The highest BCUT2D eigenvalue weighted by molar-refractivity contribution is 5.75. The van der Waals surface area contributed by atoms with Gasteiger partial charge in [0.2, 0.25) is 5.91 Å². The number of ether oxygens (including phenoxy) is 1. The van der Waals surface area contributed by atoms with Gasteiger partial charge in [0, 0.05) is 50.7 Å². The number of nitrogens with zero attached hydrogens (tertiary/aromatic N) is 5. The number of aromatic nitrogens is 4. The molecular formula is C25H31N5O3. The van der Waals surface area contributed by atoms with Crippen LogP contribution >= 0.6 is 0 Å². The fourth-order valence-electron chi connectivity index (χ4n) is 4.30. The molecular weight excluding hydrogens is 418 g/mol. The second-order valence-electron chi connectivity index (χ2n) is 9.12. The summed E-state index contributed by atoms with van der Waals surface area (Å²) in [5.41, 5.74) is 4.32. The van der Waals surface area contributed by atoms with Gasteiger partial charge in [-0.25, -0.2) is 0 Å². The molecule has 5 rings (SSSR count). The van der Waals surface area contributed by atoms with Crippen LogP contribution in [0.25, 0.3) is 11.6 Å². The Kier molecular flexibility index (Phi) is 6.53. The van der Waals surface area contributed by atoms with E-state index in [0.29, 0.717) is 37.7 Å². The summed E-state index contributed by atoms with van der Waals surface area (Å²) in [5, 5.41) is 8.96.